The highest BCUT2D eigenvalue weighted by molar-refractivity contribution is 6.42. The minimum Gasteiger partial charge on any atom is -0.455 e. The van der Waals surface area contributed by atoms with Gasteiger partial charge in [0.15, 0.2) is 0 Å². The molecule has 0 aromatic heterocycles. The topological polar surface area (TPSA) is 59.1 Å². The number of benzene rings is 2. The van der Waals surface area contributed by atoms with E-state index >= 15 is 0 Å². The lowest BCUT2D eigenvalue weighted by Gasteiger charge is -2.12. The molecule has 5 heteroatoms. The standard InChI is InChI=1S/C14H12Cl2N2O/c1-8-5-6-11(9(7-8)14(17)18)19-12-4-2-3-10(15)13(12)16/h2-7H,1H3,(H3,17,18). The van der Waals surface area contributed by atoms with E-state index < -0.39 is 0 Å². The Bertz CT molecular complexity index is 641. The molecule has 3 N–H and O–H groups in total. The van der Waals surface area contributed by atoms with Crippen LogP contribution in [0.25, 0.3) is 0 Å². The van der Waals surface area contributed by atoms with E-state index in [4.69, 9.17) is 39.1 Å². The van der Waals surface area contributed by atoms with Crippen molar-refractivity contribution in [2.24, 2.45) is 5.73 Å². The molecule has 0 spiro atoms. The number of rotatable bonds is 3. The number of ether oxygens (including phenoxy) is 1. The molecule has 0 unspecified atom stereocenters. The first-order valence-electron chi connectivity index (χ1n) is 5.56. The van der Waals surface area contributed by atoms with Gasteiger partial charge in [0.1, 0.15) is 22.4 Å². The SMILES string of the molecule is Cc1ccc(Oc2cccc(Cl)c2Cl)c(C(=N)N)c1. The van der Waals surface area contributed by atoms with Crippen molar-refractivity contribution >= 4 is 29.0 Å². The largest absolute Gasteiger partial charge is 0.455 e. The Morgan fingerprint density at radius 1 is 1.16 bits per heavy atom. The number of halogens is 2. The second-order valence-electron chi connectivity index (χ2n) is 4.07. The van der Waals surface area contributed by atoms with Crippen LogP contribution >= 0.6 is 23.2 Å². The molecular formula is C14H12Cl2N2O. The van der Waals surface area contributed by atoms with Gasteiger partial charge in [0, 0.05) is 0 Å². The lowest BCUT2D eigenvalue weighted by molar-refractivity contribution is 0.481. The van der Waals surface area contributed by atoms with Crippen LogP contribution in [0.5, 0.6) is 11.5 Å². The monoisotopic (exact) mass is 294 g/mol. The summed E-state index contributed by atoms with van der Waals surface area (Å²) in [5, 5.41) is 8.32. The van der Waals surface area contributed by atoms with Gasteiger partial charge in [-0.1, -0.05) is 40.9 Å². The lowest BCUT2D eigenvalue weighted by atomic mass is 10.1. The zero-order chi connectivity index (χ0) is 14.0. The normalized spacial score (nSPS) is 10.3. The molecule has 19 heavy (non-hydrogen) atoms. The average molecular weight is 295 g/mol. The molecule has 98 valence electrons. The molecule has 0 bridgehead atoms. The Kier molecular flexibility index (Phi) is 3.98. The number of aryl methyl sites for hydroxylation is 1. The average Bonchev–Trinajstić information content (AvgIpc) is 2.36. The van der Waals surface area contributed by atoms with Gasteiger partial charge in [0.05, 0.1) is 10.6 Å². The Labute approximate surface area is 121 Å². The number of hydrogen-bond donors (Lipinski definition) is 2. The van der Waals surface area contributed by atoms with E-state index in [1.807, 2.05) is 13.0 Å². The number of amidine groups is 1. The Hall–Kier alpha value is -1.71. The fourth-order valence-electron chi connectivity index (χ4n) is 1.62. The molecule has 0 aliphatic rings. The van der Waals surface area contributed by atoms with Crippen LogP contribution < -0.4 is 10.5 Å². The second-order valence-corrected chi connectivity index (χ2v) is 4.85. The van der Waals surface area contributed by atoms with Crippen LogP contribution in [0.3, 0.4) is 0 Å². The van der Waals surface area contributed by atoms with Crippen molar-refractivity contribution in [3.8, 4) is 11.5 Å². The molecule has 0 radical (unpaired) electrons. The summed E-state index contributed by atoms with van der Waals surface area (Å²) < 4.78 is 5.70. The smallest absolute Gasteiger partial charge is 0.147 e. The highest BCUT2D eigenvalue weighted by Gasteiger charge is 2.11. The number of nitrogen functional groups attached to an aromatic ring is 1. The van der Waals surface area contributed by atoms with Gasteiger partial charge in [0.25, 0.3) is 0 Å². The molecule has 2 rings (SSSR count). The maximum absolute atomic E-state index is 7.57. The second kappa shape index (κ2) is 5.51. The highest BCUT2D eigenvalue weighted by Crippen LogP contribution is 2.35. The predicted octanol–water partition coefficient (Wildman–Crippen LogP) is 4.38. The van der Waals surface area contributed by atoms with Crippen molar-refractivity contribution in [1.82, 2.24) is 0 Å². The quantitative estimate of drug-likeness (QED) is 0.652. The van der Waals surface area contributed by atoms with E-state index in [2.05, 4.69) is 0 Å². The van der Waals surface area contributed by atoms with Crippen LogP contribution in [0.1, 0.15) is 11.1 Å². The van der Waals surface area contributed by atoms with Crippen molar-refractivity contribution in [2.75, 3.05) is 0 Å². The summed E-state index contributed by atoms with van der Waals surface area (Å²) >= 11 is 12.0. The van der Waals surface area contributed by atoms with Crippen LogP contribution in [0.4, 0.5) is 0 Å². The lowest BCUT2D eigenvalue weighted by Crippen LogP contribution is -2.12. The van der Waals surface area contributed by atoms with Crippen molar-refractivity contribution in [1.29, 1.82) is 5.41 Å². The van der Waals surface area contributed by atoms with Crippen LogP contribution in [-0.2, 0) is 0 Å². The summed E-state index contributed by atoms with van der Waals surface area (Å²) in [6, 6.07) is 10.5. The molecule has 2 aromatic carbocycles. The molecule has 0 saturated heterocycles. The first-order valence-corrected chi connectivity index (χ1v) is 6.31. The molecule has 0 fully saturated rings. The first kappa shape index (κ1) is 13.7. The van der Waals surface area contributed by atoms with E-state index in [0.29, 0.717) is 27.1 Å². The Balaban J connectivity index is 2.44. The van der Waals surface area contributed by atoms with Crippen molar-refractivity contribution in [3.05, 3.63) is 57.6 Å². The van der Waals surface area contributed by atoms with Gasteiger partial charge < -0.3 is 10.5 Å². The van der Waals surface area contributed by atoms with E-state index in [0.717, 1.165) is 5.56 Å². The maximum atomic E-state index is 7.57. The van der Waals surface area contributed by atoms with E-state index in [-0.39, 0.29) is 5.84 Å². The number of hydrogen-bond acceptors (Lipinski definition) is 2. The van der Waals surface area contributed by atoms with E-state index in [9.17, 15) is 0 Å². The number of nitrogens with two attached hydrogens (primary N) is 1. The van der Waals surface area contributed by atoms with Crippen molar-refractivity contribution in [3.63, 3.8) is 0 Å². The van der Waals surface area contributed by atoms with Crippen LogP contribution in [0.2, 0.25) is 10.0 Å². The third kappa shape index (κ3) is 3.00. The fraction of sp³-hybridized carbons (Fsp3) is 0.0714. The van der Waals surface area contributed by atoms with Crippen LogP contribution in [-0.4, -0.2) is 5.84 Å². The molecule has 0 aliphatic carbocycles. The summed E-state index contributed by atoms with van der Waals surface area (Å²) in [7, 11) is 0. The van der Waals surface area contributed by atoms with Crippen LogP contribution in [0, 0.1) is 12.3 Å². The van der Waals surface area contributed by atoms with Gasteiger partial charge in [0.2, 0.25) is 0 Å². The third-order valence-electron chi connectivity index (χ3n) is 2.56. The van der Waals surface area contributed by atoms with Gasteiger partial charge >= 0.3 is 0 Å². The van der Waals surface area contributed by atoms with Gasteiger partial charge in [-0.25, -0.2) is 0 Å². The first-order chi connectivity index (χ1) is 8.99. The molecule has 0 saturated carbocycles. The zero-order valence-electron chi connectivity index (χ0n) is 10.2. The van der Waals surface area contributed by atoms with Crippen molar-refractivity contribution in [2.45, 2.75) is 6.92 Å². The molecule has 2 aromatic rings. The minimum absolute atomic E-state index is 0.0585. The van der Waals surface area contributed by atoms with Gasteiger partial charge in [-0.2, -0.15) is 0 Å². The zero-order valence-corrected chi connectivity index (χ0v) is 11.7. The summed E-state index contributed by atoms with van der Waals surface area (Å²) in [6.07, 6.45) is 0. The molecule has 0 amide bonds. The third-order valence-corrected chi connectivity index (χ3v) is 3.36. The Morgan fingerprint density at radius 3 is 2.58 bits per heavy atom. The predicted molar refractivity (Wildman–Crippen MR) is 78.7 cm³/mol. The van der Waals surface area contributed by atoms with Crippen molar-refractivity contribution < 1.29 is 4.74 Å². The van der Waals surface area contributed by atoms with Gasteiger partial charge in [-0.05, 0) is 31.2 Å². The maximum Gasteiger partial charge on any atom is 0.147 e. The minimum atomic E-state index is -0.0585. The summed E-state index contributed by atoms with van der Waals surface area (Å²) in [4.78, 5) is 0. The van der Waals surface area contributed by atoms with Crippen LogP contribution in [0.15, 0.2) is 36.4 Å². The molecule has 0 atom stereocenters. The summed E-state index contributed by atoms with van der Waals surface area (Å²) in [6.45, 7) is 1.92. The Morgan fingerprint density at radius 2 is 1.89 bits per heavy atom. The molecule has 0 heterocycles. The summed E-state index contributed by atoms with van der Waals surface area (Å²) in [5.41, 5.74) is 7.07. The number of nitrogens with one attached hydrogen (secondary N) is 1. The molecule has 3 nitrogen and oxygen atoms in total. The fourth-order valence-corrected chi connectivity index (χ4v) is 1.96. The highest BCUT2D eigenvalue weighted by atomic mass is 35.5. The van der Waals surface area contributed by atoms with E-state index in [1.165, 1.54) is 0 Å². The van der Waals surface area contributed by atoms with Gasteiger partial charge in [-0.15, -0.1) is 0 Å². The van der Waals surface area contributed by atoms with E-state index in [1.54, 1.807) is 30.3 Å². The summed E-state index contributed by atoms with van der Waals surface area (Å²) in [5.74, 6) is 0.847. The molecule has 0 aliphatic heterocycles. The van der Waals surface area contributed by atoms with Gasteiger partial charge in [-0.3, -0.25) is 5.41 Å². The molecular weight excluding hydrogens is 283 g/mol.